The Morgan fingerprint density at radius 3 is 1.95 bits per heavy atom. The van der Waals surface area contributed by atoms with Crippen molar-refractivity contribution in [2.24, 2.45) is 0 Å². The fourth-order valence-electron chi connectivity index (χ4n) is 1.90. The smallest absolute Gasteiger partial charge is 0.414 e. The lowest BCUT2D eigenvalue weighted by atomic mass is 9.96. The average Bonchev–Trinajstić information content (AvgIpc) is 2.49. The van der Waals surface area contributed by atoms with Gasteiger partial charge in [-0.05, 0) is 48.6 Å². The number of nitrogens with two attached hydrogens (primary N) is 1. The Morgan fingerprint density at radius 1 is 0.909 bits per heavy atom. The lowest BCUT2D eigenvalue weighted by Crippen LogP contribution is -2.09. The molecule has 2 aromatic carbocycles. The Labute approximate surface area is 129 Å². The van der Waals surface area contributed by atoms with Crippen molar-refractivity contribution in [3.63, 3.8) is 0 Å². The standard InChI is InChI=1S/C15H17N.C2H2O4/c1-11-12(2)15(16)9-8-14(11)10-13-6-4-3-5-7-13;3-1(4)2(5)6/h3-9H,10,16H2,1-2H3;(H,3,4)(H,5,6). The second-order valence-electron chi connectivity index (χ2n) is 4.84. The average molecular weight is 301 g/mol. The van der Waals surface area contributed by atoms with Gasteiger partial charge in [-0.3, -0.25) is 0 Å². The highest BCUT2D eigenvalue weighted by molar-refractivity contribution is 6.27. The molecule has 0 saturated heterocycles. The molecule has 5 nitrogen and oxygen atoms in total. The normalized spacial score (nSPS) is 9.55. The lowest BCUT2D eigenvalue weighted by molar-refractivity contribution is -0.159. The zero-order chi connectivity index (χ0) is 16.7. The van der Waals surface area contributed by atoms with Crippen LogP contribution in [0.4, 0.5) is 5.69 Å². The topological polar surface area (TPSA) is 101 Å². The predicted octanol–water partition coefficient (Wildman–Crippen LogP) is 2.63. The molecule has 22 heavy (non-hydrogen) atoms. The molecule has 0 unspecified atom stereocenters. The minimum atomic E-state index is -1.82. The molecule has 5 heteroatoms. The van der Waals surface area contributed by atoms with Crippen molar-refractivity contribution in [1.82, 2.24) is 0 Å². The van der Waals surface area contributed by atoms with Crippen LogP contribution in [0.5, 0.6) is 0 Å². The molecule has 4 N–H and O–H groups in total. The third-order valence-electron chi connectivity index (χ3n) is 3.36. The second-order valence-corrected chi connectivity index (χ2v) is 4.84. The van der Waals surface area contributed by atoms with Crippen LogP contribution >= 0.6 is 0 Å². The van der Waals surface area contributed by atoms with Gasteiger partial charge in [0.2, 0.25) is 0 Å². The molecule has 0 aromatic heterocycles. The van der Waals surface area contributed by atoms with Gasteiger partial charge < -0.3 is 15.9 Å². The summed E-state index contributed by atoms with van der Waals surface area (Å²) in [6.07, 6.45) is 0.980. The number of rotatable bonds is 2. The molecule has 0 radical (unpaired) electrons. The Kier molecular flexibility index (Phi) is 6.13. The third-order valence-corrected chi connectivity index (χ3v) is 3.36. The minimum Gasteiger partial charge on any atom is -0.473 e. The van der Waals surface area contributed by atoms with E-state index in [9.17, 15) is 0 Å². The Hall–Kier alpha value is -2.82. The van der Waals surface area contributed by atoms with E-state index in [-0.39, 0.29) is 0 Å². The molecule has 0 atom stereocenters. The molecule has 0 bridgehead atoms. The molecule has 0 aliphatic carbocycles. The maximum absolute atomic E-state index is 9.10. The zero-order valence-corrected chi connectivity index (χ0v) is 12.5. The number of nitrogen functional groups attached to an aromatic ring is 1. The number of benzene rings is 2. The van der Waals surface area contributed by atoms with E-state index in [4.69, 9.17) is 25.5 Å². The maximum atomic E-state index is 9.10. The summed E-state index contributed by atoms with van der Waals surface area (Å²) in [5.41, 5.74) is 12.0. The highest BCUT2D eigenvalue weighted by Gasteiger charge is 2.05. The molecule has 0 fully saturated rings. The van der Waals surface area contributed by atoms with Crippen molar-refractivity contribution in [3.05, 3.63) is 64.7 Å². The fourth-order valence-corrected chi connectivity index (χ4v) is 1.90. The van der Waals surface area contributed by atoms with Crippen molar-refractivity contribution in [1.29, 1.82) is 0 Å². The summed E-state index contributed by atoms with van der Waals surface area (Å²) >= 11 is 0. The van der Waals surface area contributed by atoms with Gasteiger partial charge in [0.25, 0.3) is 0 Å². The Morgan fingerprint density at radius 2 is 1.45 bits per heavy atom. The first-order chi connectivity index (χ1) is 10.3. The van der Waals surface area contributed by atoms with Gasteiger partial charge in [0.05, 0.1) is 0 Å². The van der Waals surface area contributed by atoms with E-state index in [1.807, 2.05) is 12.1 Å². The van der Waals surface area contributed by atoms with E-state index in [0.29, 0.717) is 0 Å². The molecule has 0 aliphatic rings. The summed E-state index contributed by atoms with van der Waals surface area (Å²) in [5, 5.41) is 14.8. The molecule has 0 heterocycles. The summed E-state index contributed by atoms with van der Waals surface area (Å²) in [4.78, 5) is 18.2. The number of hydrogen-bond acceptors (Lipinski definition) is 3. The van der Waals surface area contributed by atoms with Crippen molar-refractivity contribution in [3.8, 4) is 0 Å². The van der Waals surface area contributed by atoms with Crippen LogP contribution in [-0.4, -0.2) is 22.2 Å². The van der Waals surface area contributed by atoms with Crippen LogP contribution in [0.25, 0.3) is 0 Å². The van der Waals surface area contributed by atoms with Crippen LogP contribution in [0.3, 0.4) is 0 Å². The van der Waals surface area contributed by atoms with Crippen LogP contribution in [0.1, 0.15) is 22.3 Å². The molecular formula is C17H19NO4. The number of anilines is 1. The van der Waals surface area contributed by atoms with Gasteiger partial charge in [-0.2, -0.15) is 0 Å². The van der Waals surface area contributed by atoms with Gasteiger partial charge in [0.15, 0.2) is 0 Å². The predicted molar refractivity (Wildman–Crippen MR) is 84.8 cm³/mol. The molecule has 0 amide bonds. The zero-order valence-electron chi connectivity index (χ0n) is 12.5. The van der Waals surface area contributed by atoms with E-state index in [1.54, 1.807) is 0 Å². The van der Waals surface area contributed by atoms with Crippen molar-refractivity contribution < 1.29 is 19.8 Å². The molecule has 0 spiro atoms. The quantitative estimate of drug-likeness (QED) is 0.585. The van der Waals surface area contributed by atoms with Crippen LogP contribution in [0.2, 0.25) is 0 Å². The van der Waals surface area contributed by atoms with Gasteiger partial charge in [-0.1, -0.05) is 36.4 Å². The van der Waals surface area contributed by atoms with Gasteiger partial charge >= 0.3 is 11.9 Å². The van der Waals surface area contributed by atoms with E-state index < -0.39 is 11.9 Å². The van der Waals surface area contributed by atoms with Crippen LogP contribution in [-0.2, 0) is 16.0 Å². The summed E-state index contributed by atoms with van der Waals surface area (Å²) in [6, 6.07) is 14.6. The first-order valence-corrected chi connectivity index (χ1v) is 6.67. The third kappa shape index (κ3) is 4.94. The molecule has 0 saturated carbocycles. The maximum Gasteiger partial charge on any atom is 0.414 e. The number of aliphatic carboxylic acids is 2. The Bertz CT molecular complexity index is 654. The molecular weight excluding hydrogens is 282 g/mol. The van der Waals surface area contributed by atoms with Crippen LogP contribution in [0, 0.1) is 13.8 Å². The number of hydrogen-bond donors (Lipinski definition) is 3. The summed E-state index contributed by atoms with van der Waals surface area (Å²) in [5.74, 6) is -3.65. The van der Waals surface area contributed by atoms with Gasteiger partial charge in [0, 0.05) is 5.69 Å². The lowest BCUT2D eigenvalue weighted by Gasteiger charge is -2.11. The Balaban J connectivity index is 0.000000346. The summed E-state index contributed by atoms with van der Waals surface area (Å²) in [7, 11) is 0. The first-order valence-electron chi connectivity index (χ1n) is 6.67. The number of carbonyl (C=O) groups is 2. The summed E-state index contributed by atoms with van der Waals surface area (Å²) in [6.45, 7) is 4.23. The largest absolute Gasteiger partial charge is 0.473 e. The van der Waals surface area contributed by atoms with Crippen LogP contribution in [0.15, 0.2) is 42.5 Å². The van der Waals surface area contributed by atoms with E-state index >= 15 is 0 Å². The minimum absolute atomic E-state index is 0.884. The fraction of sp³-hybridized carbons (Fsp3) is 0.176. The van der Waals surface area contributed by atoms with Crippen molar-refractivity contribution in [2.45, 2.75) is 20.3 Å². The van der Waals surface area contributed by atoms with Gasteiger partial charge in [0.1, 0.15) is 0 Å². The van der Waals surface area contributed by atoms with Crippen LogP contribution < -0.4 is 5.73 Å². The van der Waals surface area contributed by atoms with E-state index in [2.05, 4.69) is 44.2 Å². The first kappa shape index (κ1) is 17.2. The summed E-state index contributed by atoms with van der Waals surface area (Å²) < 4.78 is 0. The molecule has 116 valence electrons. The van der Waals surface area contributed by atoms with Gasteiger partial charge in [-0.25, -0.2) is 9.59 Å². The second kappa shape index (κ2) is 7.83. The molecule has 2 aromatic rings. The number of carboxylic acids is 2. The van der Waals surface area contributed by atoms with E-state index in [0.717, 1.165) is 12.1 Å². The van der Waals surface area contributed by atoms with Gasteiger partial charge in [-0.15, -0.1) is 0 Å². The SMILES string of the molecule is Cc1c(N)ccc(Cc2ccccc2)c1C.O=C(O)C(=O)O. The highest BCUT2D eigenvalue weighted by Crippen LogP contribution is 2.21. The monoisotopic (exact) mass is 301 g/mol. The van der Waals surface area contributed by atoms with Crippen molar-refractivity contribution in [2.75, 3.05) is 5.73 Å². The molecule has 2 rings (SSSR count). The van der Waals surface area contributed by atoms with Crippen molar-refractivity contribution >= 4 is 17.6 Å². The number of carboxylic acid groups (broad SMARTS) is 2. The molecule has 0 aliphatic heterocycles. The van der Waals surface area contributed by atoms with E-state index in [1.165, 1.54) is 22.3 Å². The highest BCUT2D eigenvalue weighted by atomic mass is 16.4.